The van der Waals surface area contributed by atoms with Crippen molar-refractivity contribution in [3.05, 3.63) is 69.5 Å². The molecule has 94 valence electrons. The molecule has 0 aliphatic rings. The first-order valence-corrected chi connectivity index (χ1v) is 6.20. The lowest BCUT2D eigenvalue weighted by atomic mass is 10.0. The first-order chi connectivity index (χ1) is 8.58. The molecule has 0 saturated carbocycles. The molecule has 0 aliphatic heterocycles. The predicted molar refractivity (Wildman–Crippen MR) is 71.5 cm³/mol. The van der Waals surface area contributed by atoms with Crippen LogP contribution in [0, 0.1) is 5.82 Å². The second kappa shape index (κ2) is 5.70. The van der Waals surface area contributed by atoms with Crippen LogP contribution in [0.2, 0.25) is 10.0 Å². The van der Waals surface area contributed by atoms with E-state index >= 15 is 0 Å². The van der Waals surface area contributed by atoms with Crippen molar-refractivity contribution in [1.29, 1.82) is 0 Å². The highest BCUT2D eigenvalue weighted by molar-refractivity contribution is 6.31. The lowest BCUT2D eigenvalue weighted by molar-refractivity contribution is 0.173. The Morgan fingerprint density at radius 1 is 1.11 bits per heavy atom. The summed E-state index contributed by atoms with van der Waals surface area (Å²) in [6.07, 6.45) is -0.680. The van der Waals surface area contributed by atoms with Crippen LogP contribution in [0.5, 0.6) is 0 Å². The molecule has 4 heteroatoms. The van der Waals surface area contributed by atoms with Gasteiger partial charge < -0.3 is 5.11 Å². The zero-order valence-corrected chi connectivity index (χ0v) is 10.9. The SMILES string of the molecule is OC(Cc1ccccc1Cl)c1ccc(Cl)cc1F. The van der Waals surface area contributed by atoms with Gasteiger partial charge in [-0.15, -0.1) is 0 Å². The minimum atomic E-state index is -0.942. The molecule has 0 aliphatic carbocycles. The molecule has 0 radical (unpaired) electrons. The van der Waals surface area contributed by atoms with Crippen LogP contribution in [-0.2, 0) is 6.42 Å². The molecule has 0 saturated heterocycles. The fraction of sp³-hybridized carbons (Fsp3) is 0.143. The third-order valence-electron chi connectivity index (χ3n) is 2.69. The Bertz CT molecular complexity index is 557. The molecule has 2 rings (SSSR count). The minimum absolute atomic E-state index is 0.222. The molecular formula is C14H11Cl2FO. The van der Waals surface area contributed by atoms with Gasteiger partial charge in [-0.05, 0) is 23.8 Å². The fourth-order valence-corrected chi connectivity index (χ4v) is 2.13. The standard InChI is InChI=1S/C14H11Cl2FO/c15-10-5-6-11(13(17)8-10)14(18)7-9-3-1-2-4-12(9)16/h1-6,8,14,18H,7H2. The molecule has 0 heterocycles. The molecule has 2 aromatic rings. The molecule has 0 amide bonds. The van der Waals surface area contributed by atoms with E-state index < -0.39 is 11.9 Å². The topological polar surface area (TPSA) is 20.2 Å². The maximum atomic E-state index is 13.6. The van der Waals surface area contributed by atoms with Gasteiger partial charge in [0, 0.05) is 22.0 Å². The zero-order chi connectivity index (χ0) is 13.1. The molecule has 2 aromatic carbocycles. The Morgan fingerprint density at radius 2 is 1.83 bits per heavy atom. The number of halogens is 3. The maximum absolute atomic E-state index is 13.6. The number of hydrogen-bond acceptors (Lipinski definition) is 1. The molecule has 1 N–H and O–H groups in total. The smallest absolute Gasteiger partial charge is 0.130 e. The van der Waals surface area contributed by atoms with E-state index in [2.05, 4.69) is 0 Å². The number of aliphatic hydroxyl groups is 1. The van der Waals surface area contributed by atoms with Gasteiger partial charge in [0.1, 0.15) is 5.82 Å². The van der Waals surface area contributed by atoms with Gasteiger partial charge >= 0.3 is 0 Å². The molecular weight excluding hydrogens is 274 g/mol. The average molecular weight is 285 g/mol. The lowest BCUT2D eigenvalue weighted by Gasteiger charge is -2.13. The van der Waals surface area contributed by atoms with E-state index in [1.807, 2.05) is 6.07 Å². The number of rotatable bonds is 3. The van der Waals surface area contributed by atoms with Crippen molar-refractivity contribution in [3.63, 3.8) is 0 Å². The lowest BCUT2D eigenvalue weighted by Crippen LogP contribution is -2.04. The molecule has 0 fully saturated rings. The maximum Gasteiger partial charge on any atom is 0.130 e. The summed E-state index contributed by atoms with van der Waals surface area (Å²) < 4.78 is 13.6. The highest BCUT2D eigenvalue weighted by Crippen LogP contribution is 2.26. The third-order valence-corrected chi connectivity index (χ3v) is 3.30. The summed E-state index contributed by atoms with van der Waals surface area (Å²) in [5.74, 6) is -0.512. The summed E-state index contributed by atoms with van der Waals surface area (Å²) in [7, 11) is 0. The Balaban J connectivity index is 2.22. The Kier molecular flexibility index (Phi) is 4.23. The number of aliphatic hydroxyl groups excluding tert-OH is 1. The molecule has 18 heavy (non-hydrogen) atoms. The largest absolute Gasteiger partial charge is 0.388 e. The zero-order valence-electron chi connectivity index (χ0n) is 9.41. The first kappa shape index (κ1) is 13.3. The Labute approximate surface area is 115 Å². The van der Waals surface area contributed by atoms with Crippen LogP contribution in [0.15, 0.2) is 42.5 Å². The second-order valence-electron chi connectivity index (χ2n) is 3.98. The highest BCUT2D eigenvalue weighted by atomic mass is 35.5. The van der Waals surface area contributed by atoms with Crippen molar-refractivity contribution in [1.82, 2.24) is 0 Å². The van der Waals surface area contributed by atoms with Gasteiger partial charge in [-0.2, -0.15) is 0 Å². The summed E-state index contributed by atoms with van der Waals surface area (Å²) in [5.41, 5.74) is 1.00. The molecule has 0 spiro atoms. The van der Waals surface area contributed by atoms with E-state index in [0.29, 0.717) is 10.0 Å². The molecule has 1 nitrogen and oxygen atoms in total. The number of benzene rings is 2. The van der Waals surface area contributed by atoms with Gasteiger partial charge in [0.2, 0.25) is 0 Å². The molecule has 1 unspecified atom stereocenters. The van der Waals surface area contributed by atoms with E-state index in [0.717, 1.165) is 5.56 Å². The second-order valence-corrected chi connectivity index (χ2v) is 4.82. The molecule has 1 atom stereocenters. The van der Waals surface area contributed by atoms with Gasteiger partial charge in [0.05, 0.1) is 6.10 Å². The van der Waals surface area contributed by atoms with Crippen LogP contribution < -0.4 is 0 Å². The van der Waals surface area contributed by atoms with Gasteiger partial charge in [-0.3, -0.25) is 0 Å². The molecule has 0 bridgehead atoms. The summed E-state index contributed by atoms with van der Waals surface area (Å²) >= 11 is 11.7. The van der Waals surface area contributed by atoms with E-state index in [1.54, 1.807) is 24.3 Å². The van der Waals surface area contributed by atoms with E-state index in [4.69, 9.17) is 23.2 Å². The third kappa shape index (κ3) is 3.02. The Hall–Kier alpha value is -1.09. The Morgan fingerprint density at radius 3 is 2.50 bits per heavy atom. The van der Waals surface area contributed by atoms with Crippen LogP contribution >= 0.6 is 23.2 Å². The van der Waals surface area contributed by atoms with Crippen molar-refractivity contribution in [3.8, 4) is 0 Å². The van der Waals surface area contributed by atoms with Crippen molar-refractivity contribution >= 4 is 23.2 Å². The minimum Gasteiger partial charge on any atom is -0.388 e. The average Bonchev–Trinajstić information content (AvgIpc) is 2.32. The van der Waals surface area contributed by atoms with Gasteiger partial charge in [0.15, 0.2) is 0 Å². The quantitative estimate of drug-likeness (QED) is 0.885. The summed E-state index contributed by atoms with van der Waals surface area (Å²) in [5, 5.41) is 10.9. The van der Waals surface area contributed by atoms with Crippen molar-refractivity contribution in [2.24, 2.45) is 0 Å². The van der Waals surface area contributed by atoms with Crippen molar-refractivity contribution < 1.29 is 9.50 Å². The van der Waals surface area contributed by atoms with Crippen molar-refractivity contribution in [2.45, 2.75) is 12.5 Å². The normalized spacial score (nSPS) is 12.4. The van der Waals surface area contributed by atoms with Crippen LogP contribution in [0.4, 0.5) is 4.39 Å². The van der Waals surface area contributed by atoms with Crippen LogP contribution in [-0.4, -0.2) is 5.11 Å². The first-order valence-electron chi connectivity index (χ1n) is 5.44. The number of hydrogen-bond donors (Lipinski definition) is 1. The van der Waals surface area contributed by atoms with Crippen LogP contribution in [0.1, 0.15) is 17.2 Å². The van der Waals surface area contributed by atoms with Crippen LogP contribution in [0.25, 0.3) is 0 Å². The van der Waals surface area contributed by atoms with Gasteiger partial charge in [-0.25, -0.2) is 4.39 Å². The van der Waals surface area contributed by atoms with Gasteiger partial charge in [0.25, 0.3) is 0 Å². The van der Waals surface area contributed by atoms with E-state index in [-0.39, 0.29) is 12.0 Å². The monoisotopic (exact) mass is 284 g/mol. The van der Waals surface area contributed by atoms with Gasteiger partial charge in [-0.1, -0.05) is 47.5 Å². The van der Waals surface area contributed by atoms with Crippen molar-refractivity contribution in [2.75, 3.05) is 0 Å². The van der Waals surface area contributed by atoms with Crippen LogP contribution in [0.3, 0.4) is 0 Å². The van der Waals surface area contributed by atoms with E-state index in [9.17, 15) is 9.50 Å². The molecule has 0 aromatic heterocycles. The highest BCUT2D eigenvalue weighted by Gasteiger charge is 2.15. The van der Waals surface area contributed by atoms with E-state index in [1.165, 1.54) is 12.1 Å². The summed E-state index contributed by atoms with van der Waals surface area (Å²) in [4.78, 5) is 0. The summed E-state index contributed by atoms with van der Waals surface area (Å²) in [6, 6.07) is 11.4. The fourth-order valence-electron chi connectivity index (χ4n) is 1.75. The summed E-state index contributed by atoms with van der Waals surface area (Å²) in [6.45, 7) is 0. The predicted octanol–water partition coefficient (Wildman–Crippen LogP) is 4.41.